The standard InChI is InChI=1S/C22H19.C21H17.C4H11Si.2ClH.Zr/c1-3-16-12-20-10-15(2)11-21(22(20)13-16)19-9-8-17-6-4-5-7-18(17)14-19;1-14-9-19-10-15(2)12-21(19)20(11-14)18-8-7-16-5-3-4-6-17(16)13-18;1-3-5-4-2;;;/h4-14H,3H2,1-2H3;3-13H,1-2H3;5H,3-4H2,1-2H3;2*1H;/q;;;;;+2/p-2. The Kier molecular flexibility index (Phi) is 9.03. The van der Waals surface area contributed by atoms with Gasteiger partial charge in [-0.3, -0.25) is 0 Å². The molecule has 6 aromatic rings. The molecule has 6 aromatic carbocycles. The zero-order chi connectivity index (χ0) is 35.7. The van der Waals surface area contributed by atoms with Gasteiger partial charge in [0.15, 0.2) is 0 Å². The number of hydrogen-bond acceptors (Lipinski definition) is 0. The quantitative estimate of drug-likeness (QED) is 0.135. The topological polar surface area (TPSA) is 0 Å². The molecule has 257 valence electrons. The van der Waals surface area contributed by atoms with Crippen LogP contribution in [0.15, 0.2) is 120 Å². The summed E-state index contributed by atoms with van der Waals surface area (Å²) in [6, 6.07) is 43.0. The Bertz CT molecular complexity index is 2430. The first-order valence-corrected chi connectivity index (χ1v) is 34.4. The van der Waals surface area contributed by atoms with Crippen LogP contribution in [0.5, 0.6) is 0 Å². The molecule has 2 aliphatic rings. The Morgan fingerprint density at radius 1 is 0.549 bits per heavy atom. The monoisotopic (exact) mass is 799 g/mol. The first-order valence-electron chi connectivity index (χ1n) is 18.8. The Labute approximate surface area is 313 Å². The molecule has 0 heterocycles. The van der Waals surface area contributed by atoms with E-state index in [1.54, 1.807) is 0 Å². The van der Waals surface area contributed by atoms with E-state index in [0.717, 1.165) is 18.5 Å². The fourth-order valence-electron chi connectivity index (χ4n) is 10.1. The van der Waals surface area contributed by atoms with Gasteiger partial charge in [-0.15, -0.1) is 0 Å². The van der Waals surface area contributed by atoms with Crippen molar-refractivity contribution in [3.05, 3.63) is 154 Å². The van der Waals surface area contributed by atoms with Crippen molar-refractivity contribution in [1.29, 1.82) is 0 Å². The number of aryl methyl sites for hydroxylation is 2. The van der Waals surface area contributed by atoms with Gasteiger partial charge >= 0.3 is 315 Å². The summed E-state index contributed by atoms with van der Waals surface area (Å²) in [5.41, 5.74) is 15.9. The molecule has 0 saturated carbocycles. The summed E-state index contributed by atoms with van der Waals surface area (Å²) in [7, 11) is 17.8. The molecule has 0 saturated heterocycles. The molecule has 0 N–H and O–H groups in total. The summed E-state index contributed by atoms with van der Waals surface area (Å²) in [5, 5.41) is 5.07. The number of benzene rings is 6. The summed E-state index contributed by atoms with van der Waals surface area (Å²) < 4.78 is 0.172. The average molecular weight is 802 g/mol. The molecule has 0 aliphatic heterocycles. The van der Waals surface area contributed by atoms with Crippen molar-refractivity contribution in [3.63, 3.8) is 0 Å². The van der Waals surface area contributed by atoms with E-state index in [1.165, 1.54) is 88.3 Å². The minimum absolute atomic E-state index is 0.0796. The van der Waals surface area contributed by atoms with Crippen LogP contribution >= 0.6 is 17.0 Å². The predicted molar refractivity (Wildman–Crippen MR) is 225 cm³/mol. The third kappa shape index (κ3) is 5.55. The van der Waals surface area contributed by atoms with Crippen molar-refractivity contribution < 1.29 is 15.6 Å². The molecular formula is C47H47Cl2SiZr. The van der Waals surface area contributed by atoms with E-state index in [0.29, 0.717) is 0 Å². The molecule has 51 heavy (non-hydrogen) atoms. The molecule has 2 unspecified atom stereocenters. The van der Waals surface area contributed by atoms with Crippen LogP contribution in [0.3, 0.4) is 0 Å². The molecule has 4 heteroatoms. The fraction of sp³-hybridized carbons (Fsp3) is 0.234. The summed E-state index contributed by atoms with van der Waals surface area (Å²) in [6.07, 6.45) is 5.91. The third-order valence-corrected chi connectivity index (χ3v) is 62.4. The molecular weight excluding hydrogens is 755 g/mol. The van der Waals surface area contributed by atoms with Crippen LogP contribution in [0.4, 0.5) is 0 Å². The summed E-state index contributed by atoms with van der Waals surface area (Å²) >= 11 is -4.95. The normalized spacial score (nSPS) is 17.7. The van der Waals surface area contributed by atoms with E-state index in [4.69, 9.17) is 17.0 Å². The number of fused-ring (bicyclic) bond motifs is 4. The van der Waals surface area contributed by atoms with E-state index in [9.17, 15) is 0 Å². The average Bonchev–Trinajstić information content (AvgIpc) is 3.69. The van der Waals surface area contributed by atoms with Gasteiger partial charge in [-0.25, -0.2) is 0 Å². The van der Waals surface area contributed by atoms with Gasteiger partial charge in [0.2, 0.25) is 0 Å². The molecule has 0 bridgehead atoms. The third-order valence-electron chi connectivity index (χ3n) is 12.3. The van der Waals surface area contributed by atoms with Crippen molar-refractivity contribution in [3.8, 4) is 22.3 Å². The van der Waals surface area contributed by atoms with Crippen LogP contribution in [-0.4, -0.2) is 5.92 Å². The van der Waals surface area contributed by atoms with Crippen LogP contribution in [0.1, 0.15) is 74.7 Å². The molecule has 8 rings (SSSR count). The predicted octanol–water partition coefficient (Wildman–Crippen LogP) is 14.7. The first kappa shape index (κ1) is 35.1. The summed E-state index contributed by atoms with van der Waals surface area (Å²) in [6.45, 7) is 13.9. The van der Waals surface area contributed by atoms with Gasteiger partial charge in [0.05, 0.1) is 0 Å². The van der Waals surface area contributed by atoms with E-state index >= 15 is 0 Å². The van der Waals surface area contributed by atoms with Gasteiger partial charge in [0, 0.05) is 0 Å². The van der Waals surface area contributed by atoms with Crippen molar-refractivity contribution in [1.82, 2.24) is 0 Å². The molecule has 0 radical (unpaired) electrons. The van der Waals surface area contributed by atoms with Crippen LogP contribution in [0.25, 0.3) is 56.0 Å². The molecule has 2 aliphatic carbocycles. The molecule has 0 aromatic heterocycles. The number of rotatable bonds is 8. The zero-order valence-corrected chi connectivity index (χ0v) is 35.8. The number of allylic oxidation sites excluding steroid dienone is 2. The van der Waals surface area contributed by atoms with Crippen LogP contribution < -0.4 is 0 Å². The van der Waals surface area contributed by atoms with Crippen molar-refractivity contribution in [2.75, 3.05) is 0 Å². The second kappa shape index (κ2) is 13.1. The Morgan fingerprint density at radius 2 is 1.02 bits per heavy atom. The van der Waals surface area contributed by atoms with Gasteiger partial charge in [-0.1, -0.05) is 0 Å². The fourth-order valence-corrected chi connectivity index (χ4v) is 63.7. The van der Waals surface area contributed by atoms with E-state index in [-0.39, 0.29) is 7.25 Å². The second-order valence-electron chi connectivity index (χ2n) is 15.3. The van der Waals surface area contributed by atoms with E-state index in [1.807, 2.05) is 0 Å². The Balaban J connectivity index is 1.35. The molecule has 0 amide bonds. The van der Waals surface area contributed by atoms with Crippen molar-refractivity contribution >= 4 is 56.6 Å². The maximum atomic E-state index is 8.91. The van der Waals surface area contributed by atoms with E-state index < -0.39 is 21.5 Å². The SMILES string of the molecule is CCC1=Cc2c(-c3ccc4ccccc4c3)cc(C)cc2[CH]1[Zr]([Cl])([Cl])([CH]1C(C)=Cc2c(-c3ccc4ccccc4c3)cc(C)cc21)[SiH](CC)CC. The summed E-state index contributed by atoms with van der Waals surface area (Å²) in [4.78, 5) is 0. The maximum absolute atomic E-state index is 8.91. The van der Waals surface area contributed by atoms with Gasteiger partial charge < -0.3 is 0 Å². The Hall–Kier alpha value is -3.00. The zero-order valence-electron chi connectivity index (χ0n) is 30.7. The van der Waals surface area contributed by atoms with Gasteiger partial charge in [-0.2, -0.15) is 0 Å². The van der Waals surface area contributed by atoms with E-state index in [2.05, 4.69) is 163 Å². The second-order valence-corrected chi connectivity index (χ2v) is 56.1. The van der Waals surface area contributed by atoms with Crippen LogP contribution in [-0.2, 0) is 15.6 Å². The van der Waals surface area contributed by atoms with Gasteiger partial charge in [0.1, 0.15) is 0 Å². The van der Waals surface area contributed by atoms with Crippen LogP contribution in [0.2, 0.25) is 12.1 Å². The molecule has 0 spiro atoms. The van der Waals surface area contributed by atoms with Gasteiger partial charge in [0.25, 0.3) is 0 Å². The first-order chi connectivity index (χ1) is 24.5. The minimum atomic E-state index is -4.95. The molecule has 2 atom stereocenters. The molecule has 0 nitrogen and oxygen atoms in total. The molecule has 0 fully saturated rings. The number of hydrogen-bond donors (Lipinski definition) is 0. The van der Waals surface area contributed by atoms with Crippen molar-refractivity contribution in [2.24, 2.45) is 0 Å². The Morgan fingerprint density at radius 3 is 1.51 bits per heavy atom. The summed E-state index contributed by atoms with van der Waals surface area (Å²) in [5.74, 6) is -1.67. The number of halogens is 2. The van der Waals surface area contributed by atoms with Gasteiger partial charge in [-0.05, 0) is 0 Å². The van der Waals surface area contributed by atoms with Crippen molar-refractivity contribution in [2.45, 2.75) is 67.3 Å². The van der Waals surface area contributed by atoms with Crippen LogP contribution in [0, 0.1) is 13.8 Å².